The second kappa shape index (κ2) is 12.0. The average molecular weight is 501 g/mol. The van der Waals surface area contributed by atoms with Gasteiger partial charge in [0.15, 0.2) is 5.96 Å². The van der Waals surface area contributed by atoms with Gasteiger partial charge in [0, 0.05) is 31.9 Å². The molecule has 0 fully saturated rings. The largest absolute Gasteiger partial charge is 0.357 e. The number of aryl methyl sites for hydroxylation is 3. The predicted molar refractivity (Wildman–Crippen MR) is 125 cm³/mol. The Hall–Kier alpha value is -1.64. The SMILES string of the molecule is CCNC(=NCCCc1cccc(F)c1)NC(C)Cc1c(C)nn(C)c1C.I. The van der Waals surface area contributed by atoms with E-state index in [1.165, 1.54) is 17.3 Å². The summed E-state index contributed by atoms with van der Waals surface area (Å²) >= 11 is 0. The summed E-state index contributed by atoms with van der Waals surface area (Å²) in [5, 5.41) is 11.3. The van der Waals surface area contributed by atoms with Crippen LogP contribution in [0.5, 0.6) is 0 Å². The van der Waals surface area contributed by atoms with E-state index in [0.717, 1.165) is 43.0 Å². The molecule has 1 heterocycles. The summed E-state index contributed by atoms with van der Waals surface area (Å²) in [7, 11) is 1.98. The summed E-state index contributed by atoms with van der Waals surface area (Å²) in [6.45, 7) is 9.89. The highest BCUT2D eigenvalue weighted by molar-refractivity contribution is 14.0. The van der Waals surface area contributed by atoms with Crippen molar-refractivity contribution in [1.29, 1.82) is 0 Å². The van der Waals surface area contributed by atoms with Gasteiger partial charge in [0.1, 0.15) is 5.82 Å². The Labute approximate surface area is 185 Å². The molecule has 0 amide bonds. The molecule has 0 spiro atoms. The summed E-state index contributed by atoms with van der Waals surface area (Å²) in [6.07, 6.45) is 2.61. The minimum absolute atomic E-state index is 0. The first-order chi connectivity index (χ1) is 12.9. The van der Waals surface area contributed by atoms with E-state index in [0.29, 0.717) is 6.54 Å². The number of guanidine groups is 1. The zero-order valence-corrected chi connectivity index (χ0v) is 19.9. The van der Waals surface area contributed by atoms with Gasteiger partial charge in [0.2, 0.25) is 0 Å². The highest BCUT2D eigenvalue weighted by Gasteiger charge is 2.13. The van der Waals surface area contributed by atoms with Gasteiger partial charge in [0.25, 0.3) is 0 Å². The molecule has 2 aromatic rings. The lowest BCUT2D eigenvalue weighted by Crippen LogP contribution is -2.43. The third kappa shape index (κ3) is 7.41. The monoisotopic (exact) mass is 501 g/mol. The van der Waals surface area contributed by atoms with E-state index >= 15 is 0 Å². The molecule has 7 heteroatoms. The van der Waals surface area contributed by atoms with Crippen molar-refractivity contribution in [3.05, 3.63) is 52.6 Å². The lowest BCUT2D eigenvalue weighted by atomic mass is 10.1. The van der Waals surface area contributed by atoms with E-state index in [1.54, 1.807) is 12.1 Å². The minimum Gasteiger partial charge on any atom is -0.357 e. The number of hydrogen-bond acceptors (Lipinski definition) is 2. The fourth-order valence-corrected chi connectivity index (χ4v) is 3.19. The van der Waals surface area contributed by atoms with Crippen LogP contribution >= 0.6 is 24.0 Å². The Balaban J connectivity index is 0.00000392. The molecule has 0 radical (unpaired) electrons. The molecule has 1 aromatic heterocycles. The molecule has 0 aliphatic carbocycles. The Morgan fingerprint density at radius 3 is 2.68 bits per heavy atom. The molecule has 156 valence electrons. The first-order valence-corrected chi connectivity index (χ1v) is 9.69. The van der Waals surface area contributed by atoms with Crippen molar-refractivity contribution in [2.75, 3.05) is 13.1 Å². The van der Waals surface area contributed by atoms with E-state index in [2.05, 4.69) is 48.4 Å². The molecule has 0 aliphatic rings. The van der Waals surface area contributed by atoms with Crippen molar-refractivity contribution >= 4 is 29.9 Å². The van der Waals surface area contributed by atoms with Gasteiger partial charge >= 0.3 is 0 Å². The number of rotatable bonds is 8. The molecule has 2 N–H and O–H groups in total. The maximum Gasteiger partial charge on any atom is 0.191 e. The van der Waals surface area contributed by atoms with E-state index in [1.807, 2.05) is 17.8 Å². The molecule has 1 atom stereocenters. The van der Waals surface area contributed by atoms with Crippen LogP contribution in [-0.4, -0.2) is 34.9 Å². The Bertz CT molecular complexity index is 772. The number of aromatic nitrogens is 2. The highest BCUT2D eigenvalue weighted by atomic mass is 127. The number of nitrogens with one attached hydrogen (secondary N) is 2. The van der Waals surface area contributed by atoms with Crippen molar-refractivity contribution in [2.45, 2.75) is 53.0 Å². The third-order valence-corrected chi connectivity index (χ3v) is 4.68. The van der Waals surface area contributed by atoms with E-state index in [9.17, 15) is 4.39 Å². The summed E-state index contributed by atoms with van der Waals surface area (Å²) in [6, 6.07) is 7.02. The molecule has 0 aliphatic heterocycles. The van der Waals surface area contributed by atoms with E-state index in [4.69, 9.17) is 0 Å². The first-order valence-electron chi connectivity index (χ1n) is 9.69. The Kier molecular flexibility index (Phi) is 10.5. The second-order valence-electron chi connectivity index (χ2n) is 7.02. The molecule has 2 rings (SSSR count). The van der Waals surface area contributed by atoms with Crippen LogP contribution in [0.2, 0.25) is 0 Å². The maximum atomic E-state index is 13.2. The lowest BCUT2D eigenvalue weighted by Gasteiger charge is -2.18. The zero-order valence-electron chi connectivity index (χ0n) is 17.6. The molecule has 28 heavy (non-hydrogen) atoms. The van der Waals surface area contributed by atoms with Gasteiger partial charge in [-0.15, -0.1) is 24.0 Å². The lowest BCUT2D eigenvalue weighted by molar-refractivity contribution is 0.624. The smallest absolute Gasteiger partial charge is 0.191 e. The topological polar surface area (TPSA) is 54.2 Å². The standard InChI is InChI=1S/C21H32FN5.HI/c1-6-23-21(24-12-8-10-18-9-7-11-19(22)14-18)25-15(2)13-20-16(3)26-27(5)17(20)4;/h7,9,11,14-15H,6,8,10,12-13H2,1-5H3,(H2,23,24,25);1H. The number of aliphatic imine (C=N–C) groups is 1. The van der Waals surface area contributed by atoms with Crippen LogP contribution in [0.3, 0.4) is 0 Å². The van der Waals surface area contributed by atoms with Gasteiger partial charge < -0.3 is 10.6 Å². The number of nitrogens with zero attached hydrogens (tertiary/aromatic N) is 3. The van der Waals surface area contributed by atoms with E-state index < -0.39 is 0 Å². The minimum atomic E-state index is -0.180. The van der Waals surface area contributed by atoms with Gasteiger partial charge in [-0.25, -0.2) is 4.39 Å². The number of hydrogen-bond donors (Lipinski definition) is 2. The molecule has 1 unspecified atom stereocenters. The molecule has 1 aromatic carbocycles. The second-order valence-corrected chi connectivity index (χ2v) is 7.02. The van der Waals surface area contributed by atoms with Crippen LogP contribution in [-0.2, 0) is 19.9 Å². The molecule has 5 nitrogen and oxygen atoms in total. The van der Waals surface area contributed by atoms with Crippen molar-refractivity contribution in [3.8, 4) is 0 Å². The number of benzene rings is 1. The van der Waals surface area contributed by atoms with Gasteiger partial charge in [0.05, 0.1) is 5.69 Å². The van der Waals surface area contributed by atoms with Crippen LogP contribution in [0.25, 0.3) is 0 Å². The highest BCUT2D eigenvalue weighted by Crippen LogP contribution is 2.14. The van der Waals surface area contributed by atoms with Gasteiger partial charge in [-0.05, 0) is 70.2 Å². The molecular formula is C21H33FIN5. The van der Waals surface area contributed by atoms with Crippen LogP contribution in [0, 0.1) is 19.7 Å². The number of halogens is 2. The fraction of sp³-hybridized carbons (Fsp3) is 0.524. The maximum absolute atomic E-state index is 13.2. The Morgan fingerprint density at radius 2 is 2.07 bits per heavy atom. The molecule has 0 bridgehead atoms. The fourth-order valence-electron chi connectivity index (χ4n) is 3.19. The molecule has 0 saturated heterocycles. The summed E-state index contributed by atoms with van der Waals surface area (Å²) < 4.78 is 15.2. The Morgan fingerprint density at radius 1 is 1.32 bits per heavy atom. The van der Waals surface area contributed by atoms with Crippen LogP contribution in [0.15, 0.2) is 29.3 Å². The summed E-state index contributed by atoms with van der Waals surface area (Å²) in [5.41, 5.74) is 4.59. The van der Waals surface area contributed by atoms with Crippen molar-refractivity contribution < 1.29 is 4.39 Å². The zero-order chi connectivity index (χ0) is 19.8. The predicted octanol–water partition coefficient (Wildman–Crippen LogP) is 3.91. The van der Waals surface area contributed by atoms with Gasteiger partial charge in [-0.2, -0.15) is 5.10 Å². The third-order valence-electron chi connectivity index (χ3n) is 4.68. The van der Waals surface area contributed by atoms with Crippen molar-refractivity contribution in [1.82, 2.24) is 20.4 Å². The van der Waals surface area contributed by atoms with Gasteiger partial charge in [-0.3, -0.25) is 9.67 Å². The van der Waals surface area contributed by atoms with Crippen molar-refractivity contribution in [3.63, 3.8) is 0 Å². The summed E-state index contributed by atoms with van der Waals surface area (Å²) in [5.74, 6) is 0.643. The summed E-state index contributed by atoms with van der Waals surface area (Å²) in [4.78, 5) is 4.66. The van der Waals surface area contributed by atoms with Gasteiger partial charge in [-0.1, -0.05) is 12.1 Å². The normalized spacial score (nSPS) is 12.4. The average Bonchev–Trinajstić information content (AvgIpc) is 2.85. The van der Waals surface area contributed by atoms with Crippen LogP contribution in [0.4, 0.5) is 4.39 Å². The van der Waals surface area contributed by atoms with E-state index in [-0.39, 0.29) is 35.8 Å². The van der Waals surface area contributed by atoms with Crippen molar-refractivity contribution in [2.24, 2.45) is 12.0 Å². The van der Waals surface area contributed by atoms with Crippen LogP contribution in [0.1, 0.15) is 42.8 Å². The van der Waals surface area contributed by atoms with Crippen LogP contribution < -0.4 is 10.6 Å². The first kappa shape index (κ1) is 24.4. The molecule has 0 saturated carbocycles. The quantitative estimate of drug-likeness (QED) is 0.250. The molecular weight excluding hydrogens is 468 g/mol.